The molecule has 0 bridgehead atoms. The van der Waals surface area contributed by atoms with Gasteiger partial charge >= 0.3 is 0 Å². The molecule has 168 valence electrons. The van der Waals surface area contributed by atoms with E-state index in [1.54, 1.807) is 28.5 Å². The zero-order chi connectivity index (χ0) is 22.9. The molecule has 4 rings (SSSR count). The maximum atomic E-state index is 13.3. The Morgan fingerprint density at radius 1 is 1.12 bits per heavy atom. The van der Waals surface area contributed by atoms with Crippen molar-refractivity contribution >= 4 is 33.0 Å². The second kappa shape index (κ2) is 9.13. The van der Waals surface area contributed by atoms with E-state index in [2.05, 4.69) is 4.98 Å². The number of benzene rings is 2. The molecule has 1 aromatic heterocycles. The van der Waals surface area contributed by atoms with E-state index in [0.29, 0.717) is 25.3 Å². The molecule has 2 heterocycles. The van der Waals surface area contributed by atoms with Gasteiger partial charge in [-0.1, -0.05) is 43.7 Å². The van der Waals surface area contributed by atoms with Crippen molar-refractivity contribution in [2.45, 2.75) is 38.5 Å². The zero-order valence-corrected chi connectivity index (χ0v) is 20.2. The van der Waals surface area contributed by atoms with E-state index in [9.17, 15) is 13.2 Å². The lowest BCUT2D eigenvalue weighted by atomic mass is 10.0. The highest BCUT2D eigenvalue weighted by molar-refractivity contribution is 7.89. The molecule has 8 heteroatoms. The van der Waals surface area contributed by atoms with Crippen molar-refractivity contribution in [3.63, 3.8) is 0 Å². The largest absolute Gasteiger partial charge is 0.307 e. The minimum atomic E-state index is -3.54. The van der Waals surface area contributed by atoms with Crippen LogP contribution in [0.4, 0.5) is 5.69 Å². The van der Waals surface area contributed by atoms with Gasteiger partial charge < -0.3 is 4.90 Å². The van der Waals surface area contributed by atoms with Gasteiger partial charge in [0.15, 0.2) is 0 Å². The summed E-state index contributed by atoms with van der Waals surface area (Å²) in [6.45, 7) is 7.14. The summed E-state index contributed by atoms with van der Waals surface area (Å²) < 4.78 is 27.3. The first-order valence-corrected chi connectivity index (χ1v) is 13.1. The average molecular weight is 470 g/mol. The molecule has 0 atom stereocenters. The molecule has 0 unspecified atom stereocenters. The van der Waals surface area contributed by atoms with Crippen LogP contribution in [0.3, 0.4) is 0 Å². The molecule has 0 fully saturated rings. The number of aryl methyl sites for hydroxylation is 2. The third-order valence-electron chi connectivity index (χ3n) is 5.78. The van der Waals surface area contributed by atoms with Crippen molar-refractivity contribution < 1.29 is 13.2 Å². The van der Waals surface area contributed by atoms with Crippen LogP contribution in [0.15, 0.2) is 52.7 Å². The first kappa shape index (κ1) is 22.6. The molecule has 0 N–H and O–H groups in total. The van der Waals surface area contributed by atoms with E-state index in [0.717, 1.165) is 34.7 Å². The fourth-order valence-electron chi connectivity index (χ4n) is 4.00. The maximum Gasteiger partial charge on any atom is 0.277 e. The Balaban J connectivity index is 1.62. The van der Waals surface area contributed by atoms with E-state index in [1.807, 2.05) is 45.0 Å². The summed E-state index contributed by atoms with van der Waals surface area (Å²) >= 11 is 1.45. The Kier molecular flexibility index (Phi) is 6.46. The number of fused-ring (bicyclic) bond motifs is 1. The molecule has 2 aromatic carbocycles. The highest BCUT2D eigenvalue weighted by Gasteiger charge is 2.28. The van der Waals surface area contributed by atoms with Crippen LogP contribution in [-0.4, -0.2) is 43.2 Å². The van der Waals surface area contributed by atoms with Gasteiger partial charge in [-0.25, -0.2) is 13.4 Å². The second-order valence-electron chi connectivity index (χ2n) is 7.84. The quantitative estimate of drug-likeness (QED) is 0.523. The van der Waals surface area contributed by atoms with Crippen LogP contribution in [-0.2, 0) is 16.4 Å². The lowest BCUT2D eigenvalue weighted by Gasteiger charge is -2.29. The normalized spacial score (nSPS) is 13.9. The summed E-state index contributed by atoms with van der Waals surface area (Å²) in [7, 11) is -3.54. The summed E-state index contributed by atoms with van der Waals surface area (Å²) in [6, 6.07) is 13.2. The molecule has 1 aliphatic rings. The van der Waals surface area contributed by atoms with Crippen LogP contribution in [0.2, 0.25) is 0 Å². The summed E-state index contributed by atoms with van der Waals surface area (Å²) in [5.74, 6) is -0.153. The number of hydrogen-bond donors (Lipinski definition) is 0. The van der Waals surface area contributed by atoms with Crippen LogP contribution in [0.1, 0.15) is 41.9 Å². The van der Waals surface area contributed by atoms with Crippen molar-refractivity contribution in [1.29, 1.82) is 0 Å². The standard InChI is InChI=1S/C24H27N3O3S2/c1-4-26(5-2)32(29,30)20-12-13-22-19(15-20)7-6-14-27(22)24(28)21-16-31-23(25-21)18-10-8-17(3)9-11-18/h8-13,15-16H,4-7,14H2,1-3H3. The van der Waals surface area contributed by atoms with E-state index in [1.165, 1.54) is 21.2 Å². The number of amides is 1. The Bertz CT molecular complexity index is 1230. The first-order chi connectivity index (χ1) is 15.3. The van der Waals surface area contributed by atoms with Crippen LogP contribution < -0.4 is 4.90 Å². The molecule has 0 spiro atoms. The first-order valence-electron chi connectivity index (χ1n) is 10.8. The molecule has 3 aromatic rings. The molecule has 0 radical (unpaired) electrons. The molecule has 0 saturated carbocycles. The van der Waals surface area contributed by atoms with Gasteiger partial charge in [0, 0.05) is 36.3 Å². The number of carbonyl (C=O) groups is 1. The number of carbonyl (C=O) groups excluding carboxylic acids is 1. The van der Waals surface area contributed by atoms with Crippen molar-refractivity contribution in [3.05, 3.63) is 64.7 Å². The van der Waals surface area contributed by atoms with Crippen LogP contribution >= 0.6 is 11.3 Å². The fourth-order valence-corrected chi connectivity index (χ4v) is 6.31. The monoisotopic (exact) mass is 469 g/mol. The number of hydrogen-bond acceptors (Lipinski definition) is 5. The molecule has 1 amide bonds. The van der Waals surface area contributed by atoms with Crippen LogP contribution in [0, 0.1) is 6.92 Å². The Hall–Kier alpha value is -2.55. The number of anilines is 1. The summed E-state index contributed by atoms with van der Waals surface area (Å²) in [5, 5.41) is 2.61. The van der Waals surface area contributed by atoms with Gasteiger partial charge in [0.25, 0.3) is 5.91 Å². The highest BCUT2D eigenvalue weighted by Crippen LogP contribution is 2.32. The number of rotatable bonds is 6. The van der Waals surface area contributed by atoms with E-state index in [4.69, 9.17) is 0 Å². The van der Waals surface area contributed by atoms with E-state index >= 15 is 0 Å². The second-order valence-corrected chi connectivity index (χ2v) is 10.6. The summed E-state index contributed by atoms with van der Waals surface area (Å²) in [4.78, 5) is 19.9. The molecular weight excluding hydrogens is 442 g/mol. The number of aromatic nitrogens is 1. The SMILES string of the molecule is CCN(CC)S(=O)(=O)c1ccc2c(c1)CCCN2C(=O)c1csc(-c2ccc(C)cc2)n1. The molecule has 0 aliphatic carbocycles. The Labute approximate surface area is 193 Å². The highest BCUT2D eigenvalue weighted by atomic mass is 32.2. The van der Waals surface area contributed by atoms with Crippen molar-refractivity contribution in [1.82, 2.24) is 9.29 Å². The number of thiazole rings is 1. The van der Waals surface area contributed by atoms with Crippen molar-refractivity contribution in [2.24, 2.45) is 0 Å². The predicted octanol–water partition coefficient (Wildman–Crippen LogP) is 4.74. The number of sulfonamides is 1. The van der Waals surface area contributed by atoms with Crippen molar-refractivity contribution in [3.8, 4) is 10.6 Å². The van der Waals surface area contributed by atoms with Gasteiger partial charge in [0.2, 0.25) is 10.0 Å². The number of nitrogens with zero attached hydrogens (tertiary/aromatic N) is 3. The molecule has 0 saturated heterocycles. The smallest absolute Gasteiger partial charge is 0.277 e. The van der Waals surface area contributed by atoms with E-state index < -0.39 is 10.0 Å². The average Bonchev–Trinajstić information content (AvgIpc) is 3.29. The minimum Gasteiger partial charge on any atom is -0.307 e. The summed E-state index contributed by atoms with van der Waals surface area (Å²) in [6.07, 6.45) is 1.52. The van der Waals surface area contributed by atoms with E-state index in [-0.39, 0.29) is 10.8 Å². The molecule has 32 heavy (non-hydrogen) atoms. The minimum absolute atomic E-state index is 0.153. The summed E-state index contributed by atoms with van der Waals surface area (Å²) in [5.41, 5.74) is 4.23. The third kappa shape index (κ3) is 4.22. The van der Waals surface area contributed by atoms with Crippen LogP contribution in [0.5, 0.6) is 0 Å². The topological polar surface area (TPSA) is 70.6 Å². The van der Waals surface area contributed by atoms with Gasteiger partial charge in [-0.15, -0.1) is 11.3 Å². The van der Waals surface area contributed by atoms with Crippen LogP contribution in [0.25, 0.3) is 10.6 Å². The molecule has 1 aliphatic heterocycles. The zero-order valence-electron chi connectivity index (χ0n) is 18.5. The molecule has 6 nitrogen and oxygen atoms in total. The lowest BCUT2D eigenvalue weighted by Crippen LogP contribution is -2.36. The Morgan fingerprint density at radius 3 is 2.53 bits per heavy atom. The fraction of sp³-hybridized carbons (Fsp3) is 0.333. The maximum absolute atomic E-state index is 13.3. The predicted molar refractivity (Wildman–Crippen MR) is 129 cm³/mol. The Morgan fingerprint density at radius 2 is 1.84 bits per heavy atom. The van der Waals surface area contributed by atoms with Gasteiger partial charge in [0.05, 0.1) is 4.90 Å². The molecular formula is C24H27N3O3S2. The van der Waals surface area contributed by atoms with Crippen molar-refractivity contribution in [2.75, 3.05) is 24.5 Å². The third-order valence-corrected chi connectivity index (χ3v) is 8.72. The van der Waals surface area contributed by atoms with Gasteiger partial charge in [-0.3, -0.25) is 4.79 Å². The van der Waals surface area contributed by atoms with Gasteiger partial charge in [-0.05, 0) is 43.5 Å². The van der Waals surface area contributed by atoms with Gasteiger partial charge in [-0.2, -0.15) is 4.31 Å². The van der Waals surface area contributed by atoms with Gasteiger partial charge in [0.1, 0.15) is 10.7 Å². The lowest BCUT2D eigenvalue weighted by molar-refractivity contribution is 0.0981.